The van der Waals surface area contributed by atoms with Gasteiger partial charge in [-0.05, 0) is 0 Å². The van der Waals surface area contributed by atoms with Gasteiger partial charge in [-0.2, -0.15) is 0 Å². The summed E-state index contributed by atoms with van der Waals surface area (Å²) in [5, 5.41) is 3.09. The lowest BCUT2D eigenvalue weighted by Crippen LogP contribution is -2.58. The minimum atomic E-state index is -0.751. The molecule has 0 aromatic carbocycles. The molecule has 2 rings (SSSR count). The summed E-state index contributed by atoms with van der Waals surface area (Å²) in [5.74, 6) is -1.61. The second-order valence-electron chi connectivity index (χ2n) is 4.60. The van der Waals surface area contributed by atoms with Crippen LogP contribution in [0.1, 0.15) is 0 Å². The minimum Gasteiger partial charge on any atom is -0.347 e. The van der Waals surface area contributed by atoms with Crippen LogP contribution >= 0.6 is 0 Å². The molecule has 1 amide bonds. The van der Waals surface area contributed by atoms with E-state index in [1.807, 2.05) is 0 Å². The predicted octanol–water partition coefficient (Wildman–Crippen LogP) is 0.226. The minimum absolute atomic E-state index is 0.0168. The first-order valence-corrected chi connectivity index (χ1v) is 6.00. The van der Waals surface area contributed by atoms with Crippen molar-refractivity contribution in [2.24, 2.45) is 0 Å². The molecular weight excluding hydrogens is 254 g/mol. The number of pyridine rings is 1. The number of piperazine rings is 1. The van der Waals surface area contributed by atoms with E-state index in [4.69, 9.17) is 0 Å². The number of amides is 1. The molecule has 0 radical (unpaired) electrons. The summed E-state index contributed by atoms with van der Waals surface area (Å²) in [4.78, 5) is 18.9. The van der Waals surface area contributed by atoms with Crippen molar-refractivity contribution < 1.29 is 13.6 Å². The van der Waals surface area contributed by atoms with Crippen molar-refractivity contribution in [1.82, 2.24) is 15.2 Å². The van der Waals surface area contributed by atoms with Gasteiger partial charge in [-0.1, -0.05) is 0 Å². The fourth-order valence-electron chi connectivity index (χ4n) is 2.10. The maximum Gasteiger partial charge on any atom is 0.246 e. The Morgan fingerprint density at radius 1 is 1.53 bits per heavy atom. The molecule has 1 fully saturated rings. The number of hydrogen-bond donors (Lipinski definition) is 1. The van der Waals surface area contributed by atoms with Crippen molar-refractivity contribution in [3.8, 4) is 0 Å². The van der Waals surface area contributed by atoms with Crippen LogP contribution in [0.25, 0.3) is 0 Å². The van der Waals surface area contributed by atoms with Crippen molar-refractivity contribution >= 4 is 11.7 Å². The van der Waals surface area contributed by atoms with Gasteiger partial charge in [0.05, 0.1) is 6.20 Å². The van der Waals surface area contributed by atoms with Crippen LogP contribution in [-0.4, -0.2) is 55.6 Å². The van der Waals surface area contributed by atoms with Crippen molar-refractivity contribution in [3.05, 3.63) is 23.9 Å². The Morgan fingerprint density at radius 3 is 2.89 bits per heavy atom. The van der Waals surface area contributed by atoms with E-state index in [1.54, 1.807) is 19.0 Å². The van der Waals surface area contributed by atoms with E-state index in [-0.39, 0.29) is 11.7 Å². The summed E-state index contributed by atoms with van der Waals surface area (Å²) in [6, 6.07) is 0.248. The molecule has 1 aliphatic heterocycles. The highest BCUT2D eigenvalue weighted by Gasteiger charge is 2.32. The Labute approximate surface area is 110 Å². The van der Waals surface area contributed by atoms with Crippen molar-refractivity contribution in [1.29, 1.82) is 0 Å². The number of nitrogens with zero attached hydrogens (tertiary/aromatic N) is 3. The predicted molar refractivity (Wildman–Crippen MR) is 66.9 cm³/mol. The second-order valence-corrected chi connectivity index (χ2v) is 4.60. The summed E-state index contributed by atoms with van der Waals surface area (Å²) in [7, 11) is 3.28. The largest absolute Gasteiger partial charge is 0.347 e. The van der Waals surface area contributed by atoms with E-state index < -0.39 is 17.7 Å². The summed E-state index contributed by atoms with van der Waals surface area (Å²) in [6.07, 6.45) is 0.956. The average Bonchev–Trinajstić information content (AvgIpc) is 2.38. The number of hydrogen-bond acceptors (Lipinski definition) is 4. The highest BCUT2D eigenvalue weighted by Crippen LogP contribution is 2.20. The number of anilines is 1. The Balaban J connectivity index is 2.31. The molecule has 19 heavy (non-hydrogen) atoms. The van der Waals surface area contributed by atoms with E-state index in [1.165, 1.54) is 4.90 Å². The molecule has 1 N–H and O–H groups in total. The summed E-state index contributed by atoms with van der Waals surface area (Å²) in [6.45, 7) is 1.48. The van der Waals surface area contributed by atoms with Gasteiger partial charge in [0.25, 0.3) is 0 Å². The number of carbonyl (C=O) groups excluding carboxylic acids is 1. The average molecular weight is 270 g/mol. The molecule has 0 spiro atoms. The fraction of sp³-hybridized carbons (Fsp3) is 0.500. The maximum absolute atomic E-state index is 13.8. The third-order valence-electron chi connectivity index (χ3n) is 3.03. The SMILES string of the molecule is CN(C)C(=O)C1CNCCN1c1ncc(F)cc1F. The topological polar surface area (TPSA) is 48.5 Å². The second kappa shape index (κ2) is 5.48. The molecule has 1 saturated heterocycles. The number of carbonyl (C=O) groups is 1. The smallest absolute Gasteiger partial charge is 0.246 e. The summed E-state index contributed by atoms with van der Waals surface area (Å²) in [5.41, 5.74) is 0. The summed E-state index contributed by atoms with van der Waals surface area (Å²) < 4.78 is 26.7. The number of halogens is 2. The van der Waals surface area contributed by atoms with Crippen molar-refractivity contribution in [3.63, 3.8) is 0 Å². The molecule has 1 aliphatic rings. The molecule has 1 aromatic rings. The lowest BCUT2D eigenvalue weighted by molar-refractivity contribution is -0.130. The molecule has 0 aliphatic carbocycles. The third kappa shape index (κ3) is 2.81. The van der Waals surface area contributed by atoms with Crippen molar-refractivity contribution in [2.45, 2.75) is 6.04 Å². The van der Waals surface area contributed by atoms with Gasteiger partial charge in [-0.25, -0.2) is 13.8 Å². The van der Waals surface area contributed by atoms with E-state index in [9.17, 15) is 13.6 Å². The monoisotopic (exact) mass is 270 g/mol. The third-order valence-corrected chi connectivity index (χ3v) is 3.03. The molecule has 1 aromatic heterocycles. The molecule has 0 saturated carbocycles. The maximum atomic E-state index is 13.8. The van der Waals surface area contributed by atoms with Crippen LogP contribution in [0.3, 0.4) is 0 Å². The molecule has 0 bridgehead atoms. The molecule has 2 heterocycles. The Morgan fingerprint density at radius 2 is 2.26 bits per heavy atom. The van der Waals surface area contributed by atoms with Crippen LogP contribution in [0.15, 0.2) is 12.3 Å². The van der Waals surface area contributed by atoms with Crippen LogP contribution in [0.4, 0.5) is 14.6 Å². The summed E-state index contributed by atoms with van der Waals surface area (Å²) >= 11 is 0. The molecule has 1 unspecified atom stereocenters. The number of likely N-dealkylation sites (N-methyl/N-ethyl adjacent to an activating group) is 1. The lowest BCUT2D eigenvalue weighted by Gasteiger charge is -2.37. The van der Waals surface area contributed by atoms with Crippen LogP contribution in [0, 0.1) is 11.6 Å². The lowest BCUT2D eigenvalue weighted by atomic mass is 10.1. The van der Waals surface area contributed by atoms with Gasteiger partial charge in [0.1, 0.15) is 11.9 Å². The van der Waals surface area contributed by atoms with Crippen LogP contribution in [0.2, 0.25) is 0 Å². The van der Waals surface area contributed by atoms with Gasteiger partial charge in [-0.15, -0.1) is 0 Å². The quantitative estimate of drug-likeness (QED) is 0.835. The Kier molecular flexibility index (Phi) is 3.94. The zero-order valence-electron chi connectivity index (χ0n) is 10.9. The number of aromatic nitrogens is 1. The van der Waals surface area contributed by atoms with Crippen LogP contribution in [0.5, 0.6) is 0 Å². The number of nitrogens with one attached hydrogen (secondary N) is 1. The molecule has 5 nitrogen and oxygen atoms in total. The molecule has 7 heteroatoms. The van der Waals surface area contributed by atoms with Gasteiger partial charge >= 0.3 is 0 Å². The highest BCUT2D eigenvalue weighted by molar-refractivity contribution is 5.85. The van der Waals surface area contributed by atoms with Gasteiger partial charge in [-0.3, -0.25) is 4.79 Å². The Hall–Kier alpha value is -1.76. The molecule has 104 valence electrons. The first-order chi connectivity index (χ1) is 9.00. The van der Waals surface area contributed by atoms with E-state index in [0.29, 0.717) is 19.6 Å². The van der Waals surface area contributed by atoms with Gasteiger partial charge in [0.2, 0.25) is 5.91 Å². The van der Waals surface area contributed by atoms with Crippen LogP contribution < -0.4 is 10.2 Å². The standard InChI is InChI=1S/C12H16F2N4O/c1-17(2)12(19)10-7-15-3-4-18(10)11-9(14)5-8(13)6-16-11/h5-6,10,15H,3-4,7H2,1-2H3. The van der Waals surface area contributed by atoms with E-state index in [0.717, 1.165) is 12.3 Å². The van der Waals surface area contributed by atoms with Gasteiger partial charge < -0.3 is 15.1 Å². The van der Waals surface area contributed by atoms with Gasteiger partial charge in [0.15, 0.2) is 11.6 Å². The normalized spacial score (nSPS) is 19.4. The fourth-order valence-corrected chi connectivity index (χ4v) is 2.10. The first-order valence-electron chi connectivity index (χ1n) is 6.00. The highest BCUT2D eigenvalue weighted by atomic mass is 19.1. The zero-order chi connectivity index (χ0) is 14.0. The van der Waals surface area contributed by atoms with E-state index in [2.05, 4.69) is 10.3 Å². The molecule has 1 atom stereocenters. The Bertz CT molecular complexity index is 481. The number of rotatable bonds is 2. The van der Waals surface area contributed by atoms with E-state index >= 15 is 0 Å². The zero-order valence-corrected chi connectivity index (χ0v) is 10.9. The molecular formula is C12H16F2N4O. The first kappa shape index (κ1) is 13.7. The van der Waals surface area contributed by atoms with Crippen LogP contribution in [-0.2, 0) is 4.79 Å². The van der Waals surface area contributed by atoms with Gasteiger partial charge in [0, 0.05) is 39.8 Å². The van der Waals surface area contributed by atoms with Crippen molar-refractivity contribution in [2.75, 3.05) is 38.6 Å².